The van der Waals surface area contributed by atoms with Crippen LogP contribution in [0.15, 0.2) is 24.4 Å². The van der Waals surface area contributed by atoms with Crippen molar-refractivity contribution in [3.63, 3.8) is 0 Å². The summed E-state index contributed by atoms with van der Waals surface area (Å²) in [5.41, 5.74) is 7.62. The Kier molecular flexibility index (Phi) is 4.14. The average Bonchev–Trinajstić information content (AvgIpc) is 2.43. The van der Waals surface area contributed by atoms with Gasteiger partial charge >= 0.3 is 0 Å². The number of hydrogen-bond acceptors (Lipinski definition) is 5. The highest BCUT2D eigenvalue weighted by Crippen LogP contribution is 2.31. The molecule has 0 radical (unpaired) electrons. The first-order valence-corrected chi connectivity index (χ1v) is 6.56. The third kappa shape index (κ3) is 2.85. The summed E-state index contributed by atoms with van der Waals surface area (Å²) in [5.74, 6) is 0. The number of aryl methyl sites for hydroxylation is 1. The van der Waals surface area contributed by atoms with Crippen molar-refractivity contribution in [3.05, 3.63) is 40.2 Å². The summed E-state index contributed by atoms with van der Waals surface area (Å²) in [7, 11) is 0. The second-order valence-electron chi connectivity index (χ2n) is 4.81. The predicted molar refractivity (Wildman–Crippen MR) is 79.9 cm³/mol. The van der Waals surface area contributed by atoms with Crippen LogP contribution in [-0.2, 0) is 0 Å². The minimum absolute atomic E-state index is 0.0585. The van der Waals surface area contributed by atoms with Gasteiger partial charge in [-0.15, -0.1) is 0 Å². The second kappa shape index (κ2) is 5.83. The molecule has 0 aliphatic heterocycles. The first-order valence-electron chi connectivity index (χ1n) is 6.56. The number of non-ortho nitro benzene ring substituents is 1. The molecule has 1 heterocycles. The molecule has 1 unspecified atom stereocenters. The van der Waals surface area contributed by atoms with E-state index in [1.807, 2.05) is 19.9 Å². The zero-order valence-corrected chi connectivity index (χ0v) is 11.6. The zero-order valence-electron chi connectivity index (χ0n) is 11.6. The van der Waals surface area contributed by atoms with Gasteiger partial charge in [0.25, 0.3) is 5.69 Å². The van der Waals surface area contributed by atoms with Crippen molar-refractivity contribution in [2.45, 2.75) is 26.3 Å². The van der Waals surface area contributed by atoms with Crippen molar-refractivity contribution in [2.75, 3.05) is 11.9 Å². The van der Waals surface area contributed by atoms with Crippen LogP contribution in [-0.4, -0.2) is 22.5 Å². The van der Waals surface area contributed by atoms with Crippen LogP contribution in [0.1, 0.15) is 19.0 Å². The molecule has 1 aromatic heterocycles. The van der Waals surface area contributed by atoms with Gasteiger partial charge in [-0.1, -0.05) is 6.92 Å². The molecule has 1 atom stereocenters. The number of nitro benzene ring substituents is 1. The molecular weight excluding hydrogens is 256 g/mol. The Morgan fingerprint density at radius 2 is 2.20 bits per heavy atom. The SMILES string of the molecule is CCC(N)CNc1ccc([N+](=O)[O-])c2cnc(C)cc12. The normalized spacial score (nSPS) is 12.3. The number of benzene rings is 1. The molecule has 0 spiro atoms. The fourth-order valence-corrected chi connectivity index (χ4v) is 2.03. The Balaban J connectivity index is 2.48. The third-order valence-corrected chi connectivity index (χ3v) is 3.29. The number of hydrogen-bond donors (Lipinski definition) is 2. The Morgan fingerprint density at radius 3 is 2.85 bits per heavy atom. The molecule has 0 bridgehead atoms. The number of nitrogens with one attached hydrogen (secondary N) is 1. The Hall–Kier alpha value is -2.21. The number of fused-ring (bicyclic) bond motifs is 1. The van der Waals surface area contributed by atoms with Gasteiger partial charge in [-0.3, -0.25) is 15.1 Å². The lowest BCUT2D eigenvalue weighted by atomic mass is 10.1. The number of nitrogens with two attached hydrogens (primary N) is 1. The minimum Gasteiger partial charge on any atom is -0.383 e. The summed E-state index contributed by atoms with van der Waals surface area (Å²) in [6.45, 7) is 4.51. The number of aromatic nitrogens is 1. The largest absolute Gasteiger partial charge is 0.383 e. The number of nitrogens with zero attached hydrogens (tertiary/aromatic N) is 2. The van der Waals surface area contributed by atoms with Gasteiger partial charge in [-0.2, -0.15) is 0 Å². The molecule has 2 rings (SSSR count). The van der Waals surface area contributed by atoms with Crippen LogP contribution < -0.4 is 11.1 Å². The molecule has 0 amide bonds. The molecule has 0 saturated carbocycles. The van der Waals surface area contributed by atoms with E-state index in [1.165, 1.54) is 6.07 Å². The molecular formula is C14H18N4O2. The van der Waals surface area contributed by atoms with E-state index in [2.05, 4.69) is 10.3 Å². The second-order valence-corrected chi connectivity index (χ2v) is 4.81. The van der Waals surface area contributed by atoms with Crippen LogP contribution in [0, 0.1) is 17.0 Å². The first kappa shape index (κ1) is 14.2. The zero-order chi connectivity index (χ0) is 14.7. The highest BCUT2D eigenvalue weighted by Gasteiger charge is 2.15. The highest BCUT2D eigenvalue weighted by atomic mass is 16.6. The number of anilines is 1. The molecule has 6 nitrogen and oxygen atoms in total. The molecule has 0 fully saturated rings. The molecule has 0 aliphatic rings. The van der Waals surface area contributed by atoms with E-state index in [-0.39, 0.29) is 16.7 Å². The lowest BCUT2D eigenvalue weighted by Gasteiger charge is -2.13. The van der Waals surface area contributed by atoms with Crippen molar-refractivity contribution in [1.82, 2.24) is 4.98 Å². The number of rotatable bonds is 5. The topological polar surface area (TPSA) is 94.1 Å². The Bertz CT molecular complexity index is 642. The van der Waals surface area contributed by atoms with E-state index >= 15 is 0 Å². The summed E-state index contributed by atoms with van der Waals surface area (Å²) in [5, 5.41) is 15.7. The fourth-order valence-electron chi connectivity index (χ4n) is 2.03. The predicted octanol–water partition coefficient (Wildman–Crippen LogP) is 2.60. The summed E-state index contributed by atoms with van der Waals surface area (Å²) < 4.78 is 0. The van der Waals surface area contributed by atoms with Gasteiger partial charge in [0.1, 0.15) is 0 Å². The van der Waals surface area contributed by atoms with Crippen LogP contribution >= 0.6 is 0 Å². The molecule has 1 aromatic carbocycles. The molecule has 20 heavy (non-hydrogen) atoms. The summed E-state index contributed by atoms with van der Waals surface area (Å²) in [6, 6.07) is 5.13. The Morgan fingerprint density at radius 1 is 1.45 bits per heavy atom. The van der Waals surface area contributed by atoms with Gasteiger partial charge in [0.05, 0.1) is 10.3 Å². The molecule has 0 aliphatic carbocycles. The highest BCUT2D eigenvalue weighted by molar-refractivity contribution is 5.99. The van der Waals surface area contributed by atoms with E-state index in [1.54, 1.807) is 12.3 Å². The van der Waals surface area contributed by atoms with Gasteiger partial charge in [0.2, 0.25) is 0 Å². The number of nitro groups is 1. The van der Waals surface area contributed by atoms with Crippen molar-refractivity contribution >= 4 is 22.1 Å². The molecule has 2 aromatic rings. The molecule has 106 valence electrons. The van der Waals surface area contributed by atoms with Crippen molar-refractivity contribution in [3.8, 4) is 0 Å². The van der Waals surface area contributed by atoms with Crippen LogP contribution in [0.2, 0.25) is 0 Å². The quantitative estimate of drug-likeness (QED) is 0.645. The van der Waals surface area contributed by atoms with E-state index in [4.69, 9.17) is 5.73 Å². The van der Waals surface area contributed by atoms with E-state index in [0.717, 1.165) is 23.2 Å². The Labute approximate surface area is 117 Å². The summed E-state index contributed by atoms with van der Waals surface area (Å²) >= 11 is 0. The van der Waals surface area contributed by atoms with Crippen LogP contribution in [0.4, 0.5) is 11.4 Å². The standard InChI is InChI=1S/C14H18N4O2/c1-3-10(15)7-17-13-4-5-14(18(19)20)12-8-16-9(2)6-11(12)13/h4-6,8,10,17H,3,7,15H2,1-2H3. The fraction of sp³-hybridized carbons (Fsp3) is 0.357. The molecule has 6 heteroatoms. The van der Waals surface area contributed by atoms with Gasteiger partial charge < -0.3 is 11.1 Å². The van der Waals surface area contributed by atoms with Crippen LogP contribution in [0.25, 0.3) is 10.8 Å². The van der Waals surface area contributed by atoms with Crippen molar-refractivity contribution < 1.29 is 4.92 Å². The maximum Gasteiger partial charge on any atom is 0.278 e. The molecule has 0 saturated heterocycles. The lowest BCUT2D eigenvalue weighted by molar-refractivity contribution is -0.383. The van der Waals surface area contributed by atoms with E-state index in [9.17, 15) is 10.1 Å². The van der Waals surface area contributed by atoms with Crippen molar-refractivity contribution in [2.24, 2.45) is 5.73 Å². The minimum atomic E-state index is -0.388. The van der Waals surface area contributed by atoms with Gasteiger partial charge in [0, 0.05) is 41.6 Å². The van der Waals surface area contributed by atoms with E-state index in [0.29, 0.717) is 11.9 Å². The monoisotopic (exact) mass is 274 g/mol. The van der Waals surface area contributed by atoms with Crippen molar-refractivity contribution in [1.29, 1.82) is 0 Å². The average molecular weight is 274 g/mol. The smallest absolute Gasteiger partial charge is 0.278 e. The van der Waals surface area contributed by atoms with Crippen LogP contribution in [0.5, 0.6) is 0 Å². The maximum atomic E-state index is 11.1. The van der Waals surface area contributed by atoms with Gasteiger partial charge in [0.15, 0.2) is 0 Å². The lowest BCUT2D eigenvalue weighted by Crippen LogP contribution is -2.28. The maximum absolute atomic E-state index is 11.1. The van der Waals surface area contributed by atoms with Gasteiger partial charge in [-0.05, 0) is 25.5 Å². The van der Waals surface area contributed by atoms with Gasteiger partial charge in [-0.25, -0.2) is 0 Å². The third-order valence-electron chi connectivity index (χ3n) is 3.29. The van der Waals surface area contributed by atoms with Crippen LogP contribution in [0.3, 0.4) is 0 Å². The first-order chi connectivity index (χ1) is 9.52. The molecule has 3 N–H and O–H groups in total. The summed E-state index contributed by atoms with van der Waals surface area (Å²) in [6.07, 6.45) is 2.42. The van der Waals surface area contributed by atoms with E-state index < -0.39 is 0 Å². The summed E-state index contributed by atoms with van der Waals surface area (Å²) in [4.78, 5) is 14.8. The number of pyridine rings is 1.